The number of likely N-dealkylation sites (N-methyl/N-ethyl adjacent to an activating group) is 1. The Morgan fingerprint density at radius 3 is 2.02 bits per heavy atom. The van der Waals surface area contributed by atoms with E-state index in [9.17, 15) is 24.0 Å². The molecule has 1 saturated heterocycles. The Morgan fingerprint density at radius 2 is 1.44 bits per heavy atom. The van der Waals surface area contributed by atoms with Crippen molar-refractivity contribution in [2.45, 2.75) is 84.0 Å². The minimum absolute atomic E-state index is 0.00549. The minimum atomic E-state index is -1.64. The number of carbonyl (C=O) groups excluding carboxylic acids is 5. The zero-order valence-corrected chi connectivity index (χ0v) is 30.8. The lowest BCUT2D eigenvalue weighted by atomic mass is 9.97. The van der Waals surface area contributed by atoms with Crippen molar-refractivity contribution in [2.24, 2.45) is 0 Å². The zero-order valence-electron chi connectivity index (χ0n) is 30.8. The Bertz CT molecular complexity index is 1530. The molecule has 2 aromatic carbocycles. The number of hydrogen-bond donors (Lipinski definition) is 1. The molecule has 1 fully saturated rings. The van der Waals surface area contributed by atoms with Gasteiger partial charge in [0.2, 0.25) is 12.4 Å². The summed E-state index contributed by atoms with van der Waals surface area (Å²) in [5, 5.41) is 0. The van der Waals surface area contributed by atoms with Gasteiger partial charge in [0, 0.05) is 40.3 Å². The lowest BCUT2D eigenvalue weighted by molar-refractivity contribution is -0.282. The molecule has 16 nitrogen and oxygen atoms in total. The molecule has 0 spiro atoms. The van der Waals surface area contributed by atoms with Crippen molar-refractivity contribution in [1.82, 2.24) is 9.80 Å². The highest BCUT2D eigenvalue weighted by molar-refractivity contribution is 5.77. The van der Waals surface area contributed by atoms with Gasteiger partial charge in [0.05, 0.1) is 18.4 Å². The van der Waals surface area contributed by atoms with E-state index in [1.165, 1.54) is 17.0 Å². The number of anilines is 1. The first-order valence-corrected chi connectivity index (χ1v) is 16.5. The molecule has 1 heterocycles. The van der Waals surface area contributed by atoms with E-state index in [2.05, 4.69) is 0 Å². The standard InChI is InChI=1S/C36H49N3O13/c1-22(40)48-29-30(49-23(2)41)32(50-24(3)42)34(52-31(29)33(43)45-8)51-28-15-14-26(18-27(28)37)20-46-35(44)39(17-16-38(6)7)21-47-36(4,5)19-25-12-10-9-11-13-25/h9-15,18,29-32,34H,16-17,19-21,37H2,1-8H3/t29?,30-,31?,32?,34+/m0/s1. The van der Waals surface area contributed by atoms with Crippen LogP contribution in [0.1, 0.15) is 45.7 Å². The first kappa shape index (κ1) is 41.5. The average molecular weight is 732 g/mol. The van der Waals surface area contributed by atoms with Crippen molar-refractivity contribution in [3.8, 4) is 5.75 Å². The molecule has 0 aliphatic carbocycles. The third-order valence-corrected chi connectivity index (χ3v) is 7.67. The summed E-state index contributed by atoms with van der Waals surface area (Å²) in [6, 6.07) is 14.4. The first-order valence-electron chi connectivity index (χ1n) is 16.5. The second kappa shape index (κ2) is 19.1. The number of nitrogens with zero attached hydrogens (tertiary/aromatic N) is 2. The summed E-state index contributed by atoms with van der Waals surface area (Å²) in [6.45, 7) is 7.96. The van der Waals surface area contributed by atoms with Crippen molar-refractivity contribution < 1.29 is 61.9 Å². The Kier molecular flexibility index (Phi) is 15.2. The molecule has 0 saturated carbocycles. The van der Waals surface area contributed by atoms with Crippen LogP contribution in [0.5, 0.6) is 5.75 Å². The first-order chi connectivity index (χ1) is 24.5. The number of ether oxygens (including phenoxy) is 8. The van der Waals surface area contributed by atoms with Crippen molar-refractivity contribution >= 4 is 35.7 Å². The molecule has 52 heavy (non-hydrogen) atoms. The van der Waals surface area contributed by atoms with E-state index < -0.39 is 66.3 Å². The highest BCUT2D eigenvalue weighted by atomic mass is 16.7. The van der Waals surface area contributed by atoms with Crippen molar-refractivity contribution in [1.29, 1.82) is 0 Å². The summed E-state index contributed by atoms with van der Waals surface area (Å²) >= 11 is 0. The van der Waals surface area contributed by atoms with Crippen LogP contribution in [0.3, 0.4) is 0 Å². The summed E-state index contributed by atoms with van der Waals surface area (Å²) in [7, 11) is 4.87. The van der Waals surface area contributed by atoms with E-state index in [0.29, 0.717) is 25.1 Å². The molecule has 16 heteroatoms. The number of carbonyl (C=O) groups is 5. The maximum atomic E-state index is 13.2. The number of benzene rings is 2. The predicted octanol–water partition coefficient (Wildman–Crippen LogP) is 2.84. The number of amides is 1. The molecule has 2 aromatic rings. The summed E-state index contributed by atoms with van der Waals surface area (Å²) in [5.74, 6) is -3.43. The van der Waals surface area contributed by atoms with E-state index in [0.717, 1.165) is 33.4 Å². The van der Waals surface area contributed by atoms with Crippen LogP contribution >= 0.6 is 0 Å². The Balaban J connectivity index is 1.76. The fraction of sp³-hybridized carbons (Fsp3) is 0.528. The van der Waals surface area contributed by atoms with Gasteiger partial charge >= 0.3 is 30.0 Å². The topological polar surface area (TPSA) is 192 Å². The van der Waals surface area contributed by atoms with Crippen LogP contribution in [0.2, 0.25) is 0 Å². The molecule has 3 rings (SSSR count). The van der Waals surface area contributed by atoms with Crippen molar-refractivity contribution in [3.05, 3.63) is 59.7 Å². The van der Waals surface area contributed by atoms with Crippen LogP contribution in [-0.2, 0) is 65.4 Å². The fourth-order valence-corrected chi connectivity index (χ4v) is 5.25. The third kappa shape index (κ3) is 12.7. The number of esters is 4. The molecule has 286 valence electrons. The second-order valence-corrected chi connectivity index (χ2v) is 13.0. The highest BCUT2D eigenvalue weighted by Crippen LogP contribution is 2.33. The zero-order chi connectivity index (χ0) is 38.6. The molecule has 1 aliphatic heterocycles. The number of nitrogen functional groups attached to an aromatic ring is 1. The minimum Gasteiger partial charge on any atom is -0.467 e. The summed E-state index contributed by atoms with van der Waals surface area (Å²) < 4.78 is 44.4. The van der Waals surface area contributed by atoms with Gasteiger partial charge in [-0.2, -0.15) is 0 Å². The average Bonchev–Trinajstić information content (AvgIpc) is 3.06. The Hall–Kier alpha value is -4.93. The van der Waals surface area contributed by atoms with E-state index in [-0.39, 0.29) is 24.8 Å². The second-order valence-electron chi connectivity index (χ2n) is 13.0. The lowest BCUT2D eigenvalue weighted by Gasteiger charge is -2.43. The molecule has 0 aromatic heterocycles. The van der Waals surface area contributed by atoms with Gasteiger partial charge in [0.15, 0.2) is 18.3 Å². The maximum Gasteiger partial charge on any atom is 0.411 e. The summed E-state index contributed by atoms with van der Waals surface area (Å²) in [6.07, 6.45) is -7.78. The van der Waals surface area contributed by atoms with Gasteiger partial charge in [-0.15, -0.1) is 0 Å². The molecule has 3 unspecified atom stereocenters. The summed E-state index contributed by atoms with van der Waals surface area (Å²) in [4.78, 5) is 65.5. The molecular weight excluding hydrogens is 682 g/mol. The van der Waals surface area contributed by atoms with E-state index in [1.807, 2.05) is 63.2 Å². The smallest absolute Gasteiger partial charge is 0.411 e. The van der Waals surface area contributed by atoms with Crippen LogP contribution in [0.25, 0.3) is 0 Å². The monoisotopic (exact) mass is 731 g/mol. The van der Waals surface area contributed by atoms with Gasteiger partial charge in [-0.05, 0) is 51.2 Å². The van der Waals surface area contributed by atoms with Crippen LogP contribution in [0.15, 0.2) is 48.5 Å². The number of rotatable bonds is 16. The largest absolute Gasteiger partial charge is 0.467 e. The van der Waals surface area contributed by atoms with Gasteiger partial charge in [-0.25, -0.2) is 9.59 Å². The lowest BCUT2D eigenvalue weighted by Crippen LogP contribution is -2.64. The number of nitrogens with two attached hydrogens (primary N) is 1. The van der Waals surface area contributed by atoms with Crippen LogP contribution in [-0.4, -0.2) is 117 Å². The normalized spacial score (nSPS) is 20.0. The van der Waals surface area contributed by atoms with Gasteiger partial charge < -0.3 is 48.5 Å². The van der Waals surface area contributed by atoms with Gasteiger partial charge in [0.1, 0.15) is 19.1 Å². The van der Waals surface area contributed by atoms with Crippen molar-refractivity contribution in [3.63, 3.8) is 0 Å². The molecule has 1 aliphatic rings. The van der Waals surface area contributed by atoms with Crippen LogP contribution in [0, 0.1) is 0 Å². The van der Waals surface area contributed by atoms with E-state index in [4.69, 9.17) is 43.6 Å². The van der Waals surface area contributed by atoms with Gasteiger partial charge in [-0.1, -0.05) is 36.4 Å². The third-order valence-electron chi connectivity index (χ3n) is 7.67. The molecule has 1 amide bonds. The molecule has 0 radical (unpaired) electrons. The number of hydrogen-bond acceptors (Lipinski definition) is 15. The van der Waals surface area contributed by atoms with Gasteiger partial charge in [-0.3, -0.25) is 19.3 Å². The number of methoxy groups -OCH3 is 1. The van der Waals surface area contributed by atoms with Crippen LogP contribution in [0.4, 0.5) is 10.5 Å². The SMILES string of the molecule is COC(=O)C1O[C@@H](Oc2ccc(COC(=O)N(CCN(C)C)COC(C)(C)Cc3ccccc3)cc2N)C(OC(C)=O)[C@@H](OC(C)=O)C1OC(C)=O. The van der Waals surface area contributed by atoms with E-state index in [1.54, 1.807) is 6.07 Å². The van der Waals surface area contributed by atoms with Gasteiger partial charge in [0.25, 0.3) is 0 Å². The Morgan fingerprint density at radius 1 is 0.827 bits per heavy atom. The predicted molar refractivity (Wildman–Crippen MR) is 184 cm³/mol. The summed E-state index contributed by atoms with van der Waals surface area (Å²) in [5.41, 5.74) is 7.43. The molecule has 2 N–H and O–H groups in total. The quantitative estimate of drug-likeness (QED) is 0.115. The molecule has 0 bridgehead atoms. The maximum absolute atomic E-state index is 13.2. The fourth-order valence-electron chi connectivity index (χ4n) is 5.25. The van der Waals surface area contributed by atoms with Crippen molar-refractivity contribution in [2.75, 3.05) is 46.8 Å². The Labute approximate surface area is 303 Å². The molecule has 5 atom stereocenters. The molecular formula is C36H49N3O13. The van der Waals surface area contributed by atoms with E-state index >= 15 is 0 Å². The highest BCUT2D eigenvalue weighted by Gasteiger charge is 2.56. The van der Waals surface area contributed by atoms with Crippen LogP contribution < -0.4 is 10.5 Å².